The molecule has 6 unspecified atom stereocenters. The van der Waals surface area contributed by atoms with Gasteiger partial charge in [0.2, 0.25) is 5.91 Å². The standard InChI is InChI=1S/C13H22N2O2/c1-7-10(4-5-17-7)15-13(16)11-8-2-3-9(6-8)12(11)14/h7-12H,2-6,14H2,1H3,(H,15,16). The second kappa shape index (κ2) is 4.25. The summed E-state index contributed by atoms with van der Waals surface area (Å²) in [5, 5.41) is 3.14. The van der Waals surface area contributed by atoms with Crippen LogP contribution in [-0.2, 0) is 9.53 Å². The summed E-state index contributed by atoms with van der Waals surface area (Å²) in [6.07, 6.45) is 4.65. The molecule has 0 aromatic carbocycles. The Labute approximate surface area is 102 Å². The Balaban J connectivity index is 1.63. The van der Waals surface area contributed by atoms with Crippen molar-refractivity contribution in [2.24, 2.45) is 23.5 Å². The summed E-state index contributed by atoms with van der Waals surface area (Å²) in [4.78, 5) is 12.3. The van der Waals surface area contributed by atoms with E-state index in [0.717, 1.165) is 19.4 Å². The summed E-state index contributed by atoms with van der Waals surface area (Å²) >= 11 is 0. The monoisotopic (exact) mass is 238 g/mol. The zero-order valence-corrected chi connectivity index (χ0v) is 10.4. The normalized spacial score (nSPS) is 48.6. The number of hydrogen-bond acceptors (Lipinski definition) is 3. The van der Waals surface area contributed by atoms with Crippen molar-refractivity contribution in [3.8, 4) is 0 Å². The van der Waals surface area contributed by atoms with Crippen LogP contribution in [0.5, 0.6) is 0 Å². The Morgan fingerprint density at radius 3 is 2.65 bits per heavy atom. The molecule has 1 saturated heterocycles. The number of nitrogens with two attached hydrogens (primary N) is 1. The number of hydrogen-bond donors (Lipinski definition) is 2. The van der Waals surface area contributed by atoms with Crippen molar-refractivity contribution in [1.29, 1.82) is 0 Å². The molecule has 2 aliphatic carbocycles. The van der Waals surface area contributed by atoms with E-state index in [1.807, 2.05) is 6.92 Å². The van der Waals surface area contributed by atoms with Crippen LogP contribution in [-0.4, -0.2) is 30.7 Å². The van der Waals surface area contributed by atoms with Crippen LogP contribution in [0.15, 0.2) is 0 Å². The topological polar surface area (TPSA) is 64.3 Å². The van der Waals surface area contributed by atoms with Gasteiger partial charge in [-0.3, -0.25) is 4.79 Å². The fourth-order valence-corrected chi connectivity index (χ4v) is 3.93. The number of ether oxygens (including phenoxy) is 1. The van der Waals surface area contributed by atoms with Gasteiger partial charge in [0.05, 0.1) is 18.1 Å². The molecule has 96 valence electrons. The smallest absolute Gasteiger partial charge is 0.225 e. The molecule has 0 spiro atoms. The Kier molecular flexibility index (Phi) is 2.87. The van der Waals surface area contributed by atoms with Crippen LogP contribution in [0.4, 0.5) is 0 Å². The Morgan fingerprint density at radius 2 is 2.06 bits per heavy atom. The Bertz CT molecular complexity index is 319. The van der Waals surface area contributed by atoms with Crippen molar-refractivity contribution >= 4 is 5.91 Å². The summed E-state index contributed by atoms with van der Waals surface area (Å²) in [5.74, 6) is 1.36. The van der Waals surface area contributed by atoms with Gasteiger partial charge in [0.25, 0.3) is 0 Å². The summed E-state index contributed by atoms with van der Waals surface area (Å²) in [5.41, 5.74) is 6.18. The maximum absolute atomic E-state index is 12.3. The molecule has 17 heavy (non-hydrogen) atoms. The highest BCUT2D eigenvalue weighted by molar-refractivity contribution is 5.80. The molecule has 3 aliphatic rings. The molecule has 3 fully saturated rings. The second-order valence-electron chi connectivity index (χ2n) is 5.92. The van der Waals surface area contributed by atoms with Crippen LogP contribution in [0.3, 0.4) is 0 Å². The Hall–Kier alpha value is -0.610. The SMILES string of the molecule is CC1OCCC1NC(=O)C1C2CCC(C2)C1N. The molecule has 3 rings (SSSR count). The van der Waals surface area contributed by atoms with E-state index in [1.54, 1.807) is 0 Å². The van der Waals surface area contributed by atoms with Gasteiger partial charge in [-0.2, -0.15) is 0 Å². The average Bonchev–Trinajstić information content (AvgIpc) is 2.95. The first kappa shape index (κ1) is 11.5. The van der Waals surface area contributed by atoms with E-state index in [2.05, 4.69) is 5.32 Å². The fourth-order valence-electron chi connectivity index (χ4n) is 3.93. The highest BCUT2D eigenvalue weighted by Gasteiger charge is 2.49. The number of rotatable bonds is 2. The predicted octanol–water partition coefficient (Wildman–Crippen LogP) is 0.653. The van der Waals surface area contributed by atoms with E-state index in [0.29, 0.717) is 11.8 Å². The lowest BCUT2D eigenvalue weighted by molar-refractivity contribution is -0.128. The van der Waals surface area contributed by atoms with E-state index in [-0.39, 0.29) is 30.0 Å². The lowest BCUT2D eigenvalue weighted by atomic mass is 9.84. The van der Waals surface area contributed by atoms with Crippen molar-refractivity contribution in [2.45, 2.75) is 50.8 Å². The number of fused-ring (bicyclic) bond motifs is 2. The van der Waals surface area contributed by atoms with Crippen molar-refractivity contribution in [1.82, 2.24) is 5.32 Å². The fraction of sp³-hybridized carbons (Fsp3) is 0.923. The molecule has 1 heterocycles. The molecule has 0 aromatic heterocycles. The quantitative estimate of drug-likeness (QED) is 0.742. The van der Waals surface area contributed by atoms with Gasteiger partial charge in [0, 0.05) is 12.6 Å². The Morgan fingerprint density at radius 1 is 1.29 bits per heavy atom. The summed E-state index contributed by atoms with van der Waals surface area (Å²) < 4.78 is 5.47. The van der Waals surface area contributed by atoms with Crippen LogP contribution in [0, 0.1) is 17.8 Å². The largest absolute Gasteiger partial charge is 0.376 e. The van der Waals surface area contributed by atoms with Crippen LogP contribution < -0.4 is 11.1 Å². The molecule has 2 saturated carbocycles. The first-order chi connectivity index (χ1) is 8.16. The highest BCUT2D eigenvalue weighted by Crippen LogP contribution is 2.47. The van der Waals surface area contributed by atoms with Crippen molar-refractivity contribution < 1.29 is 9.53 Å². The summed E-state index contributed by atoms with van der Waals surface area (Å²) in [6, 6.07) is 0.278. The molecule has 6 atom stereocenters. The lowest BCUT2D eigenvalue weighted by Gasteiger charge is -2.28. The van der Waals surface area contributed by atoms with E-state index in [1.165, 1.54) is 12.8 Å². The number of amides is 1. The van der Waals surface area contributed by atoms with Crippen molar-refractivity contribution in [3.05, 3.63) is 0 Å². The molecule has 1 amide bonds. The second-order valence-corrected chi connectivity index (χ2v) is 5.92. The third-order valence-corrected chi connectivity index (χ3v) is 4.99. The third kappa shape index (κ3) is 1.87. The number of carbonyl (C=O) groups is 1. The van der Waals surface area contributed by atoms with Gasteiger partial charge in [0.1, 0.15) is 0 Å². The van der Waals surface area contributed by atoms with E-state index >= 15 is 0 Å². The van der Waals surface area contributed by atoms with Crippen LogP contribution in [0.2, 0.25) is 0 Å². The van der Waals surface area contributed by atoms with Gasteiger partial charge in [-0.25, -0.2) is 0 Å². The third-order valence-electron chi connectivity index (χ3n) is 4.99. The van der Waals surface area contributed by atoms with Crippen molar-refractivity contribution in [2.75, 3.05) is 6.61 Å². The van der Waals surface area contributed by atoms with E-state index in [9.17, 15) is 4.79 Å². The molecule has 1 aliphatic heterocycles. The zero-order chi connectivity index (χ0) is 12.0. The maximum Gasteiger partial charge on any atom is 0.225 e. The molecule has 0 radical (unpaired) electrons. The van der Waals surface area contributed by atoms with E-state index < -0.39 is 0 Å². The first-order valence-corrected chi connectivity index (χ1v) is 6.84. The average molecular weight is 238 g/mol. The minimum Gasteiger partial charge on any atom is -0.376 e. The highest BCUT2D eigenvalue weighted by atomic mass is 16.5. The number of nitrogens with one attached hydrogen (secondary N) is 1. The predicted molar refractivity (Wildman–Crippen MR) is 64.3 cm³/mol. The van der Waals surface area contributed by atoms with E-state index in [4.69, 9.17) is 10.5 Å². The minimum absolute atomic E-state index is 0.0570. The summed E-state index contributed by atoms with van der Waals surface area (Å²) in [6.45, 7) is 2.79. The van der Waals surface area contributed by atoms with Gasteiger partial charge < -0.3 is 15.8 Å². The lowest BCUT2D eigenvalue weighted by Crippen LogP contribution is -2.49. The molecule has 2 bridgehead atoms. The van der Waals surface area contributed by atoms with Crippen molar-refractivity contribution in [3.63, 3.8) is 0 Å². The molecular formula is C13H22N2O2. The molecule has 0 aromatic rings. The van der Waals surface area contributed by atoms with Gasteiger partial charge in [-0.05, 0) is 44.4 Å². The van der Waals surface area contributed by atoms with Crippen LogP contribution in [0.25, 0.3) is 0 Å². The summed E-state index contributed by atoms with van der Waals surface area (Å²) in [7, 11) is 0. The van der Waals surface area contributed by atoms with Crippen LogP contribution >= 0.6 is 0 Å². The first-order valence-electron chi connectivity index (χ1n) is 6.84. The molecule has 4 heteroatoms. The molecule has 3 N–H and O–H groups in total. The zero-order valence-electron chi connectivity index (χ0n) is 10.4. The molecule has 4 nitrogen and oxygen atoms in total. The van der Waals surface area contributed by atoms with Crippen LogP contribution in [0.1, 0.15) is 32.6 Å². The van der Waals surface area contributed by atoms with Gasteiger partial charge in [0.15, 0.2) is 0 Å². The van der Waals surface area contributed by atoms with Gasteiger partial charge in [-0.15, -0.1) is 0 Å². The number of carbonyl (C=O) groups excluding carboxylic acids is 1. The molecular weight excluding hydrogens is 216 g/mol. The minimum atomic E-state index is 0.0570. The maximum atomic E-state index is 12.3. The van der Waals surface area contributed by atoms with Gasteiger partial charge in [-0.1, -0.05) is 0 Å². The van der Waals surface area contributed by atoms with Gasteiger partial charge >= 0.3 is 0 Å².